The number of aromatic nitrogens is 2. The minimum atomic E-state index is -0.749. The van der Waals surface area contributed by atoms with Crippen LogP contribution in [0.4, 0.5) is 5.69 Å². The van der Waals surface area contributed by atoms with Gasteiger partial charge in [0.15, 0.2) is 17.3 Å². The summed E-state index contributed by atoms with van der Waals surface area (Å²) >= 11 is 5.90. The summed E-state index contributed by atoms with van der Waals surface area (Å²) in [6.07, 6.45) is 0. The Morgan fingerprint density at radius 1 is 1.19 bits per heavy atom. The van der Waals surface area contributed by atoms with Gasteiger partial charge in [0.1, 0.15) is 6.54 Å². The Hall–Kier alpha value is -3.26. The molecular weight excluding hydrogens is 374 g/mol. The molecule has 3 aromatic rings. The molecule has 3 rings (SSSR count). The SMILES string of the molecule is COc1ccc(-c2noc(=O)n2CC(=O)Nc2cccc(Cl)c2)cc1OC. The third kappa shape index (κ3) is 4.12. The molecule has 0 saturated heterocycles. The standard InChI is InChI=1S/C18H16ClN3O5/c1-25-14-7-6-11(8-15(14)26-2)17-21-27-18(24)22(17)10-16(23)20-13-5-3-4-12(19)9-13/h3-9H,10H2,1-2H3,(H,20,23). The molecule has 0 aliphatic heterocycles. The summed E-state index contributed by atoms with van der Waals surface area (Å²) in [6.45, 7) is -0.279. The second-order valence-corrected chi connectivity index (χ2v) is 5.92. The first-order valence-corrected chi connectivity index (χ1v) is 8.24. The Bertz CT molecular complexity index is 1030. The number of ether oxygens (including phenoxy) is 2. The highest BCUT2D eigenvalue weighted by Crippen LogP contribution is 2.31. The van der Waals surface area contributed by atoms with Gasteiger partial charge in [-0.2, -0.15) is 0 Å². The maximum absolute atomic E-state index is 12.3. The number of carbonyl (C=O) groups excluding carboxylic acids is 1. The van der Waals surface area contributed by atoms with Gasteiger partial charge in [-0.25, -0.2) is 9.36 Å². The zero-order valence-electron chi connectivity index (χ0n) is 14.6. The first-order chi connectivity index (χ1) is 13.0. The molecule has 1 heterocycles. The maximum atomic E-state index is 12.3. The van der Waals surface area contributed by atoms with Crippen LogP contribution in [0.15, 0.2) is 51.8 Å². The molecule has 0 aliphatic carbocycles. The minimum Gasteiger partial charge on any atom is -0.493 e. The number of rotatable bonds is 6. The lowest BCUT2D eigenvalue weighted by Gasteiger charge is -2.10. The molecule has 1 N–H and O–H groups in total. The van der Waals surface area contributed by atoms with Gasteiger partial charge in [-0.05, 0) is 36.4 Å². The van der Waals surface area contributed by atoms with E-state index in [4.69, 9.17) is 25.6 Å². The van der Waals surface area contributed by atoms with Crippen molar-refractivity contribution in [1.82, 2.24) is 9.72 Å². The first-order valence-electron chi connectivity index (χ1n) is 7.86. The molecule has 140 valence electrons. The van der Waals surface area contributed by atoms with E-state index in [9.17, 15) is 9.59 Å². The molecule has 1 aromatic heterocycles. The number of methoxy groups -OCH3 is 2. The van der Waals surface area contributed by atoms with E-state index < -0.39 is 11.7 Å². The van der Waals surface area contributed by atoms with Crippen LogP contribution in [0.5, 0.6) is 11.5 Å². The average molecular weight is 390 g/mol. The van der Waals surface area contributed by atoms with Crippen LogP contribution in [0, 0.1) is 0 Å². The Labute approximate surface area is 159 Å². The lowest BCUT2D eigenvalue weighted by atomic mass is 10.2. The fourth-order valence-electron chi connectivity index (χ4n) is 2.50. The second-order valence-electron chi connectivity index (χ2n) is 5.49. The van der Waals surface area contributed by atoms with Gasteiger partial charge in [0.05, 0.1) is 14.2 Å². The van der Waals surface area contributed by atoms with Crippen LogP contribution in [0.25, 0.3) is 11.4 Å². The molecule has 0 bridgehead atoms. The van der Waals surface area contributed by atoms with Gasteiger partial charge in [-0.15, -0.1) is 0 Å². The van der Waals surface area contributed by atoms with Crippen LogP contribution in [0.3, 0.4) is 0 Å². The van der Waals surface area contributed by atoms with Crippen LogP contribution in [0.1, 0.15) is 0 Å². The summed E-state index contributed by atoms with van der Waals surface area (Å²) in [5.41, 5.74) is 1.05. The Morgan fingerprint density at radius 3 is 2.67 bits per heavy atom. The Balaban J connectivity index is 1.87. The van der Waals surface area contributed by atoms with Crippen LogP contribution < -0.4 is 20.5 Å². The van der Waals surface area contributed by atoms with E-state index >= 15 is 0 Å². The summed E-state index contributed by atoms with van der Waals surface area (Å²) in [4.78, 5) is 24.3. The minimum absolute atomic E-state index is 0.196. The lowest BCUT2D eigenvalue weighted by Crippen LogP contribution is -2.25. The normalized spacial score (nSPS) is 10.5. The van der Waals surface area contributed by atoms with Gasteiger partial charge in [0, 0.05) is 16.3 Å². The summed E-state index contributed by atoms with van der Waals surface area (Å²) in [6, 6.07) is 11.7. The monoisotopic (exact) mass is 389 g/mol. The largest absolute Gasteiger partial charge is 0.493 e. The van der Waals surface area contributed by atoms with Crippen LogP contribution >= 0.6 is 11.6 Å². The van der Waals surface area contributed by atoms with Crippen molar-refractivity contribution in [2.45, 2.75) is 6.54 Å². The van der Waals surface area contributed by atoms with E-state index in [0.29, 0.717) is 27.8 Å². The number of halogens is 1. The molecule has 0 aliphatic rings. The molecule has 2 aromatic carbocycles. The van der Waals surface area contributed by atoms with Crippen molar-refractivity contribution < 1.29 is 18.8 Å². The van der Waals surface area contributed by atoms with Crippen molar-refractivity contribution in [3.05, 3.63) is 58.0 Å². The van der Waals surface area contributed by atoms with Crippen molar-refractivity contribution in [3.8, 4) is 22.9 Å². The number of hydrogen-bond donors (Lipinski definition) is 1. The zero-order valence-corrected chi connectivity index (χ0v) is 15.3. The van der Waals surface area contributed by atoms with E-state index in [-0.39, 0.29) is 12.4 Å². The maximum Gasteiger partial charge on any atom is 0.442 e. The summed E-state index contributed by atoms with van der Waals surface area (Å²) < 4.78 is 16.3. The highest BCUT2D eigenvalue weighted by molar-refractivity contribution is 6.30. The van der Waals surface area contributed by atoms with Gasteiger partial charge >= 0.3 is 5.76 Å². The number of anilines is 1. The molecular formula is C18H16ClN3O5. The zero-order chi connectivity index (χ0) is 19.4. The molecule has 0 saturated carbocycles. The molecule has 0 spiro atoms. The molecule has 1 amide bonds. The number of nitrogens with one attached hydrogen (secondary N) is 1. The molecule has 8 nitrogen and oxygen atoms in total. The van der Waals surface area contributed by atoms with Crippen molar-refractivity contribution in [2.75, 3.05) is 19.5 Å². The second kappa shape index (κ2) is 7.96. The topological polar surface area (TPSA) is 95.6 Å². The molecule has 27 heavy (non-hydrogen) atoms. The van der Waals surface area contributed by atoms with Crippen molar-refractivity contribution in [1.29, 1.82) is 0 Å². The van der Waals surface area contributed by atoms with E-state index in [2.05, 4.69) is 10.5 Å². The number of hydrogen-bond acceptors (Lipinski definition) is 6. The number of benzene rings is 2. The Morgan fingerprint density at radius 2 is 1.96 bits per heavy atom. The van der Waals surface area contributed by atoms with E-state index in [1.165, 1.54) is 14.2 Å². The highest BCUT2D eigenvalue weighted by Gasteiger charge is 2.18. The summed E-state index contributed by atoms with van der Waals surface area (Å²) in [5.74, 6) is 0.00485. The predicted molar refractivity (Wildman–Crippen MR) is 99.4 cm³/mol. The first kappa shape index (κ1) is 18.5. The summed E-state index contributed by atoms with van der Waals surface area (Å²) in [7, 11) is 3.01. The van der Waals surface area contributed by atoms with Gasteiger partial charge in [0.2, 0.25) is 5.91 Å². The molecule has 0 fully saturated rings. The predicted octanol–water partition coefficient (Wildman–Crippen LogP) is 2.81. The van der Waals surface area contributed by atoms with E-state index in [1.807, 2.05) is 0 Å². The van der Waals surface area contributed by atoms with Crippen molar-refractivity contribution in [3.63, 3.8) is 0 Å². The quantitative estimate of drug-likeness (QED) is 0.696. The number of amides is 1. The van der Waals surface area contributed by atoms with Crippen molar-refractivity contribution in [2.24, 2.45) is 0 Å². The molecule has 0 atom stereocenters. The lowest BCUT2D eigenvalue weighted by molar-refractivity contribution is -0.116. The van der Waals surface area contributed by atoms with Gasteiger partial charge in [-0.3, -0.25) is 9.32 Å². The van der Waals surface area contributed by atoms with Gasteiger partial charge in [-0.1, -0.05) is 22.8 Å². The summed E-state index contributed by atoms with van der Waals surface area (Å²) in [5, 5.41) is 6.93. The highest BCUT2D eigenvalue weighted by atomic mass is 35.5. The van der Waals surface area contributed by atoms with Crippen molar-refractivity contribution >= 4 is 23.2 Å². The fraction of sp³-hybridized carbons (Fsp3) is 0.167. The van der Waals surface area contributed by atoms with Gasteiger partial charge < -0.3 is 14.8 Å². The third-order valence-electron chi connectivity index (χ3n) is 3.74. The van der Waals surface area contributed by atoms with Gasteiger partial charge in [0.25, 0.3) is 0 Å². The number of carbonyl (C=O) groups is 1. The Kier molecular flexibility index (Phi) is 5.46. The molecule has 0 unspecified atom stereocenters. The molecule has 0 radical (unpaired) electrons. The van der Waals surface area contributed by atoms with E-state index in [1.54, 1.807) is 42.5 Å². The molecule has 9 heteroatoms. The van der Waals surface area contributed by atoms with E-state index in [0.717, 1.165) is 4.57 Å². The van der Waals surface area contributed by atoms with Crippen LogP contribution in [-0.2, 0) is 11.3 Å². The fourth-order valence-corrected chi connectivity index (χ4v) is 2.69. The van der Waals surface area contributed by atoms with Crippen LogP contribution in [0.2, 0.25) is 5.02 Å². The smallest absolute Gasteiger partial charge is 0.442 e. The third-order valence-corrected chi connectivity index (χ3v) is 3.97. The average Bonchev–Trinajstić information content (AvgIpc) is 3.01. The number of nitrogens with zero attached hydrogens (tertiary/aromatic N) is 2. The van der Waals surface area contributed by atoms with Crippen LogP contribution in [-0.4, -0.2) is 29.9 Å².